The van der Waals surface area contributed by atoms with Crippen molar-refractivity contribution in [1.29, 1.82) is 0 Å². The molecular formula is C21H22F2N2O2. The molecule has 0 spiro atoms. The van der Waals surface area contributed by atoms with E-state index in [9.17, 15) is 18.4 Å². The Hall–Kier alpha value is -2.60. The lowest BCUT2D eigenvalue weighted by Gasteiger charge is -2.31. The van der Waals surface area contributed by atoms with Gasteiger partial charge in [0.15, 0.2) is 5.78 Å². The number of nitrogens with zero attached hydrogens (tertiary/aromatic N) is 1. The molecule has 0 bridgehead atoms. The predicted molar refractivity (Wildman–Crippen MR) is 98.6 cm³/mol. The highest BCUT2D eigenvalue weighted by molar-refractivity contribution is 5.97. The maximum Gasteiger partial charge on any atom is 0.251 e. The molecule has 2 aromatic rings. The van der Waals surface area contributed by atoms with Gasteiger partial charge in [-0.1, -0.05) is 0 Å². The first-order valence-electron chi connectivity index (χ1n) is 9.09. The van der Waals surface area contributed by atoms with Crippen LogP contribution in [0.25, 0.3) is 0 Å². The molecule has 4 nitrogen and oxygen atoms in total. The molecule has 0 radical (unpaired) electrons. The summed E-state index contributed by atoms with van der Waals surface area (Å²) in [6.07, 6.45) is 1.50. The number of halogens is 2. The van der Waals surface area contributed by atoms with E-state index in [4.69, 9.17) is 0 Å². The number of ketones is 1. The summed E-state index contributed by atoms with van der Waals surface area (Å²) in [7, 11) is 0. The first kappa shape index (κ1) is 19.2. The Bertz CT molecular complexity index is 780. The lowest BCUT2D eigenvalue weighted by atomic mass is 9.89. The second kappa shape index (κ2) is 8.86. The first-order valence-corrected chi connectivity index (χ1v) is 9.09. The number of hydrogen-bond donors (Lipinski definition) is 1. The molecule has 142 valence electrons. The van der Waals surface area contributed by atoms with Crippen molar-refractivity contribution in [2.45, 2.75) is 12.8 Å². The van der Waals surface area contributed by atoms with Gasteiger partial charge in [-0.2, -0.15) is 0 Å². The highest BCUT2D eigenvalue weighted by atomic mass is 19.1. The van der Waals surface area contributed by atoms with Crippen molar-refractivity contribution in [1.82, 2.24) is 10.2 Å². The summed E-state index contributed by atoms with van der Waals surface area (Å²) >= 11 is 0. The summed E-state index contributed by atoms with van der Waals surface area (Å²) < 4.78 is 25.9. The number of likely N-dealkylation sites (tertiary alicyclic amines) is 1. The van der Waals surface area contributed by atoms with Crippen LogP contribution in [-0.2, 0) is 0 Å². The summed E-state index contributed by atoms with van der Waals surface area (Å²) in [6, 6.07) is 11.1. The van der Waals surface area contributed by atoms with Crippen molar-refractivity contribution in [3.63, 3.8) is 0 Å². The van der Waals surface area contributed by atoms with Gasteiger partial charge in [0, 0.05) is 30.1 Å². The van der Waals surface area contributed by atoms with E-state index < -0.39 is 0 Å². The van der Waals surface area contributed by atoms with Gasteiger partial charge in [0.25, 0.3) is 5.91 Å². The van der Waals surface area contributed by atoms with E-state index in [1.807, 2.05) is 0 Å². The normalized spacial score (nSPS) is 15.5. The number of amides is 1. The van der Waals surface area contributed by atoms with Crippen molar-refractivity contribution >= 4 is 11.7 Å². The standard InChI is InChI=1S/C21H22F2N2O2/c22-18-5-1-15(2-6-18)20(26)16-9-12-25(13-10-16)14-11-24-21(27)17-3-7-19(23)8-4-17/h1-8,16H,9-14H2,(H,24,27). The number of carbonyl (C=O) groups is 2. The van der Waals surface area contributed by atoms with Gasteiger partial charge in [0.1, 0.15) is 11.6 Å². The van der Waals surface area contributed by atoms with Gasteiger partial charge >= 0.3 is 0 Å². The SMILES string of the molecule is O=C(NCCN1CCC(C(=O)c2ccc(F)cc2)CC1)c1ccc(F)cc1. The number of benzene rings is 2. The summed E-state index contributed by atoms with van der Waals surface area (Å²) in [6.45, 7) is 2.76. The average molecular weight is 372 g/mol. The molecule has 0 atom stereocenters. The van der Waals surface area contributed by atoms with Gasteiger partial charge in [-0.05, 0) is 74.5 Å². The Balaban J connectivity index is 1.40. The monoisotopic (exact) mass is 372 g/mol. The minimum absolute atomic E-state index is 0.0412. The van der Waals surface area contributed by atoms with E-state index >= 15 is 0 Å². The van der Waals surface area contributed by atoms with Crippen molar-refractivity contribution in [2.24, 2.45) is 5.92 Å². The molecule has 1 heterocycles. The van der Waals surface area contributed by atoms with Gasteiger partial charge in [0.05, 0.1) is 0 Å². The average Bonchev–Trinajstić information content (AvgIpc) is 2.69. The molecule has 27 heavy (non-hydrogen) atoms. The van der Waals surface area contributed by atoms with Gasteiger partial charge in [-0.3, -0.25) is 9.59 Å². The molecule has 3 rings (SSSR count). The molecule has 0 aromatic heterocycles. The molecule has 0 saturated carbocycles. The summed E-state index contributed by atoms with van der Waals surface area (Å²) in [5, 5.41) is 2.83. The van der Waals surface area contributed by atoms with Crippen LogP contribution in [0.3, 0.4) is 0 Å². The molecule has 1 aliphatic rings. The maximum atomic E-state index is 13.0. The van der Waals surface area contributed by atoms with Gasteiger partial charge < -0.3 is 10.2 Å². The smallest absolute Gasteiger partial charge is 0.251 e. The second-order valence-corrected chi connectivity index (χ2v) is 6.75. The van der Waals surface area contributed by atoms with Gasteiger partial charge in [0.2, 0.25) is 0 Å². The van der Waals surface area contributed by atoms with Crippen molar-refractivity contribution in [3.05, 3.63) is 71.3 Å². The highest BCUT2D eigenvalue weighted by Crippen LogP contribution is 2.21. The quantitative estimate of drug-likeness (QED) is 0.792. The molecule has 0 unspecified atom stereocenters. The number of hydrogen-bond acceptors (Lipinski definition) is 3. The minimum atomic E-state index is -0.371. The highest BCUT2D eigenvalue weighted by Gasteiger charge is 2.25. The zero-order valence-corrected chi connectivity index (χ0v) is 15.0. The third-order valence-corrected chi connectivity index (χ3v) is 4.91. The van der Waals surface area contributed by atoms with E-state index in [-0.39, 0.29) is 29.2 Å². The van der Waals surface area contributed by atoms with Crippen molar-refractivity contribution in [3.8, 4) is 0 Å². The number of piperidine rings is 1. The predicted octanol–water partition coefficient (Wildman–Crippen LogP) is 3.29. The van der Waals surface area contributed by atoms with Crippen LogP contribution >= 0.6 is 0 Å². The van der Waals surface area contributed by atoms with Crippen LogP contribution in [0.15, 0.2) is 48.5 Å². The fourth-order valence-corrected chi connectivity index (χ4v) is 3.30. The second-order valence-electron chi connectivity index (χ2n) is 6.75. The Kier molecular flexibility index (Phi) is 6.29. The molecule has 1 aliphatic heterocycles. The Morgan fingerprint density at radius 2 is 1.41 bits per heavy atom. The number of carbonyl (C=O) groups excluding carboxylic acids is 2. The molecule has 0 aliphatic carbocycles. The number of nitrogens with one attached hydrogen (secondary N) is 1. The van der Waals surface area contributed by atoms with Crippen molar-refractivity contribution < 1.29 is 18.4 Å². The van der Waals surface area contributed by atoms with E-state index in [0.717, 1.165) is 25.9 Å². The maximum absolute atomic E-state index is 13.0. The Labute approximate surface area is 157 Å². The van der Waals surface area contributed by atoms with Crippen LogP contribution in [0, 0.1) is 17.6 Å². The topological polar surface area (TPSA) is 49.4 Å². The molecule has 6 heteroatoms. The first-order chi connectivity index (χ1) is 13.0. The van der Waals surface area contributed by atoms with Gasteiger partial charge in [-0.25, -0.2) is 8.78 Å². The van der Waals surface area contributed by atoms with Gasteiger partial charge in [-0.15, -0.1) is 0 Å². The zero-order chi connectivity index (χ0) is 19.2. The molecule has 1 N–H and O–H groups in total. The van der Waals surface area contributed by atoms with E-state index in [1.165, 1.54) is 48.5 Å². The van der Waals surface area contributed by atoms with Crippen molar-refractivity contribution in [2.75, 3.05) is 26.2 Å². The summed E-state index contributed by atoms with van der Waals surface area (Å²) in [4.78, 5) is 26.7. The van der Waals surface area contributed by atoms with Crippen LogP contribution in [0.4, 0.5) is 8.78 Å². The van der Waals surface area contributed by atoms with Crippen LogP contribution in [-0.4, -0.2) is 42.8 Å². The number of Topliss-reactive ketones (excluding diaryl/α,β-unsaturated/α-hetero) is 1. The van der Waals surface area contributed by atoms with E-state index in [1.54, 1.807) is 0 Å². The Morgan fingerprint density at radius 1 is 0.889 bits per heavy atom. The lowest BCUT2D eigenvalue weighted by molar-refractivity contribution is 0.0839. The van der Waals surface area contributed by atoms with Crippen LogP contribution in [0.2, 0.25) is 0 Å². The van der Waals surface area contributed by atoms with E-state index in [2.05, 4.69) is 10.2 Å². The van der Waals surface area contributed by atoms with Crippen LogP contribution < -0.4 is 5.32 Å². The van der Waals surface area contributed by atoms with E-state index in [0.29, 0.717) is 24.2 Å². The lowest BCUT2D eigenvalue weighted by Crippen LogP contribution is -2.41. The largest absolute Gasteiger partial charge is 0.351 e. The Morgan fingerprint density at radius 3 is 1.96 bits per heavy atom. The number of rotatable bonds is 6. The molecule has 1 fully saturated rings. The summed E-state index contributed by atoms with van der Waals surface area (Å²) in [5.74, 6) is -0.912. The fraction of sp³-hybridized carbons (Fsp3) is 0.333. The van der Waals surface area contributed by atoms with Crippen LogP contribution in [0.5, 0.6) is 0 Å². The zero-order valence-electron chi connectivity index (χ0n) is 15.0. The minimum Gasteiger partial charge on any atom is -0.351 e. The third-order valence-electron chi connectivity index (χ3n) is 4.91. The summed E-state index contributed by atoms with van der Waals surface area (Å²) in [5.41, 5.74) is 0.987. The fourth-order valence-electron chi connectivity index (χ4n) is 3.30. The third kappa shape index (κ3) is 5.20. The molecule has 2 aromatic carbocycles. The molecule has 1 saturated heterocycles. The van der Waals surface area contributed by atoms with Crippen LogP contribution in [0.1, 0.15) is 33.6 Å². The molecular weight excluding hydrogens is 350 g/mol. The molecule has 1 amide bonds.